The molecule has 0 saturated carbocycles. The fourth-order valence-electron chi connectivity index (χ4n) is 1.78. The highest BCUT2D eigenvalue weighted by Crippen LogP contribution is 1.95. The number of ether oxygens (including phenoxy) is 3. The molecule has 0 fully saturated rings. The molecule has 0 unspecified atom stereocenters. The third-order valence-corrected chi connectivity index (χ3v) is 3.15. The predicted octanol–water partition coefficient (Wildman–Crippen LogP) is 2.23. The van der Waals surface area contributed by atoms with Gasteiger partial charge in [-0.15, -0.1) is 0 Å². The molecule has 1 heterocycles. The fourth-order valence-corrected chi connectivity index (χ4v) is 1.78. The number of hydrogen-bond acceptors (Lipinski definition) is 4. The van der Waals surface area contributed by atoms with Crippen molar-refractivity contribution in [3.8, 4) is 0 Å². The number of amides is 1. The summed E-state index contributed by atoms with van der Waals surface area (Å²) < 4.78 is 17.8. The summed E-state index contributed by atoms with van der Waals surface area (Å²) in [5.41, 5.74) is 0.571. The molecule has 0 bridgehead atoms. The molecule has 0 aliphatic heterocycles. The number of nitrogens with one attached hydrogen (secondary N) is 1. The smallest absolute Gasteiger partial charge is 0.259 e. The zero-order valence-electron chi connectivity index (χ0n) is 14.3. The minimum absolute atomic E-state index is 0.132. The second-order valence-corrected chi connectivity index (χ2v) is 5.23. The molecule has 1 rings (SSSR count). The van der Waals surface area contributed by atoms with E-state index in [1.165, 1.54) is 0 Å². The van der Waals surface area contributed by atoms with Crippen molar-refractivity contribution >= 4 is 5.91 Å². The summed E-state index contributed by atoms with van der Waals surface area (Å²) in [5, 5.41) is 2.70. The maximum Gasteiger partial charge on any atom is 0.259 e. The highest BCUT2D eigenvalue weighted by atomic mass is 16.7. The second-order valence-electron chi connectivity index (χ2n) is 5.23. The van der Waals surface area contributed by atoms with Gasteiger partial charge in [0.15, 0.2) is 12.4 Å². The second kappa shape index (κ2) is 13.0. The van der Waals surface area contributed by atoms with Gasteiger partial charge in [-0.25, -0.2) is 0 Å². The third-order valence-electron chi connectivity index (χ3n) is 3.15. The first kappa shape index (κ1) is 19.5. The van der Waals surface area contributed by atoms with Crippen LogP contribution in [-0.2, 0) is 20.9 Å². The van der Waals surface area contributed by atoms with E-state index in [-0.39, 0.29) is 19.4 Å². The zero-order chi connectivity index (χ0) is 16.8. The molecular weight excluding hydrogens is 296 g/mol. The summed E-state index contributed by atoms with van der Waals surface area (Å²) in [6.07, 6.45) is 7.89. The number of nitrogens with zero attached hydrogens (tertiary/aromatic N) is 1. The van der Waals surface area contributed by atoms with Crippen molar-refractivity contribution in [1.29, 1.82) is 0 Å². The average Bonchev–Trinajstić information content (AvgIpc) is 2.58. The quantitative estimate of drug-likeness (QED) is 0.343. The summed E-state index contributed by atoms with van der Waals surface area (Å²) in [6, 6.07) is 3.59. The van der Waals surface area contributed by atoms with Crippen LogP contribution in [0.4, 0.5) is 0 Å². The van der Waals surface area contributed by atoms with E-state index in [4.69, 9.17) is 14.2 Å². The maximum absolute atomic E-state index is 12.0. The summed E-state index contributed by atoms with van der Waals surface area (Å²) in [7, 11) is 0. The molecule has 0 aliphatic rings. The van der Waals surface area contributed by atoms with E-state index in [1.54, 1.807) is 12.3 Å². The Bertz CT molecular complexity index is 440. The Morgan fingerprint density at radius 3 is 2.61 bits per heavy atom. The number of pyridine rings is 1. The van der Waals surface area contributed by atoms with Gasteiger partial charge in [0.25, 0.3) is 12.6 Å². The van der Waals surface area contributed by atoms with E-state index < -0.39 is 0 Å². The van der Waals surface area contributed by atoms with E-state index in [1.807, 2.05) is 16.8 Å². The van der Waals surface area contributed by atoms with Crippen molar-refractivity contribution in [2.24, 2.45) is 0 Å². The Morgan fingerprint density at radius 1 is 1.13 bits per heavy atom. The Balaban J connectivity index is 2.24. The average molecular weight is 325 g/mol. The highest BCUT2D eigenvalue weighted by Gasteiger charge is 2.10. The molecular formula is C17H29N2O4+. The molecule has 0 saturated heterocycles. The minimum atomic E-state index is -0.179. The predicted molar refractivity (Wildman–Crippen MR) is 86.6 cm³/mol. The van der Waals surface area contributed by atoms with Crippen LogP contribution in [0.1, 0.15) is 49.9 Å². The summed E-state index contributed by atoms with van der Waals surface area (Å²) in [5.74, 6) is -0.179. The Labute approximate surface area is 138 Å². The molecule has 1 aromatic rings. The fraction of sp³-hybridized carbons (Fsp3) is 0.647. The van der Waals surface area contributed by atoms with E-state index >= 15 is 0 Å². The van der Waals surface area contributed by atoms with Crippen molar-refractivity contribution in [1.82, 2.24) is 5.32 Å². The highest BCUT2D eigenvalue weighted by molar-refractivity contribution is 5.93. The first-order valence-corrected chi connectivity index (χ1v) is 8.28. The van der Waals surface area contributed by atoms with Crippen LogP contribution >= 0.6 is 0 Å². The molecule has 1 N–H and O–H groups in total. The van der Waals surface area contributed by atoms with Crippen molar-refractivity contribution in [3.63, 3.8) is 0 Å². The van der Waals surface area contributed by atoms with Gasteiger partial charge in [0.05, 0.1) is 6.61 Å². The molecule has 130 valence electrons. The molecule has 0 aliphatic carbocycles. The lowest BCUT2D eigenvalue weighted by atomic mass is 10.3. The standard InChI is InChI=1S/C17H28N2O4/c1-3-5-10-21-14-19-9-7-8-16(12-19)17(20)18-13-23-15-22-11-6-4-2/h7-9,12H,3-6,10-11,13-15H2,1-2H3/p+1. The molecule has 6 heteroatoms. The van der Waals surface area contributed by atoms with Crippen molar-refractivity contribution < 1.29 is 23.6 Å². The Hall–Kier alpha value is -1.50. The van der Waals surface area contributed by atoms with Gasteiger partial charge in [-0.2, -0.15) is 4.57 Å². The monoisotopic (exact) mass is 325 g/mol. The third kappa shape index (κ3) is 9.28. The van der Waals surface area contributed by atoms with Gasteiger partial charge < -0.3 is 19.5 Å². The largest absolute Gasteiger partial charge is 0.355 e. The first-order valence-electron chi connectivity index (χ1n) is 8.28. The van der Waals surface area contributed by atoms with Gasteiger partial charge in [0, 0.05) is 12.7 Å². The van der Waals surface area contributed by atoms with Crippen LogP contribution in [0.2, 0.25) is 0 Å². The molecule has 6 nitrogen and oxygen atoms in total. The summed E-state index contributed by atoms with van der Waals surface area (Å²) >= 11 is 0. The van der Waals surface area contributed by atoms with E-state index in [9.17, 15) is 4.79 Å². The van der Waals surface area contributed by atoms with Crippen LogP contribution in [0.25, 0.3) is 0 Å². The molecule has 0 aromatic carbocycles. The number of hydrogen-bond donors (Lipinski definition) is 1. The van der Waals surface area contributed by atoms with E-state index in [0.29, 0.717) is 18.9 Å². The van der Waals surface area contributed by atoms with Gasteiger partial charge in [-0.3, -0.25) is 4.79 Å². The van der Waals surface area contributed by atoms with Crippen molar-refractivity contribution in [2.45, 2.75) is 46.3 Å². The van der Waals surface area contributed by atoms with Crippen LogP contribution in [0.3, 0.4) is 0 Å². The molecule has 1 amide bonds. The van der Waals surface area contributed by atoms with Crippen LogP contribution in [0, 0.1) is 0 Å². The molecule has 0 atom stereocenters. The summed E-state index contributed by atoms with van der Waals surface area (Å²) in [6.45, 7) is 6.41. The maximum atomic E-state index is 12.0. The number of aromatic nitrogens is 1. The lowest BCUT2D eigenvalue weighted by Gasteiger charge is -2.07. The lowest BCUT2D eigenvalue weighted by molar-refractivity contribution is -0.732. The number of unbranched alkanes of at least 4 members (excludes halogenated alkanes) is 2. The Kier molecular flexibility index (Phi) is 11.0. The van der Waals surface area contributed by atoms with Crippen molar-refractivity contribution in [2.75, 3.05) is 26.7 Å². The van der Waals surface area contributed by atoms with Gasteiger partial charge in [-0.1, -0.05) is 26.7 Å². The van der Waals surface area contributed by atoms with E-state index in [2.05, 4.69) is 19.2 Å². The molecule has 0 spiro atoms. The van der Waals surface area contributed by atoms with Crippen LogP contribution in [0.15, 0.2) is 24.5 Å². The van der Waals surface area contributed by atoms with Crippen molar-refractivity contribution in [3.05, 3.63) is 30.1 Å². The van der Waals surface area contributed by atoms with Gasteiger partial charge in [-0.05, 0) is 18.9 Å². The zero-order valence-corrected chi connectivity index (χ0v) is 14.3. The minimum Gasteiger partial charge on any atom is -0.355 e. The Morgan fingerprint density at radius 2 is 1.87 bits per heavy atom. The van der Waals surface area contributed by atoms with Gasteiger partial charge in [0.1, 0.15) is 19.1 Å². The number of carbonyl (C=O) groups is 1. The molecule has 0 radical (unpaired) electrons. The molecule has 23 heavy (non-hydrogen) atoms. The van der Waals surface area contributed by atoms with E-state index in [0.717, 1.165) is 32.3 Å². The topological polar surface area (TPSA) is 60.7 Å². The number of rotatable bonds is 13. The SMILES string of the molecule is CCCCOCOCNC(=O)c1ccc[n+](COCCCC)c1. The first-order chi connectivity index (χ1) is 11.3. The van der Waals surface area contributed by atoms with Crippen LogP contribution in [0.5, 0.6) is 0 Å². The lowest BCUT2D eigenvalue weighted by Crippen LogP contribution is -2.37. The van der Waals surface area contributed by atoms with Gasteiger partial charge >= 0.3 is 0 Å². The summed E-state index contributed by atoms with van der Waals surface area (Å²) in [4.78, 5) is 12.0. The van der Waals surface area contributed by atoms with Crippen LogP contribution in [-0.4, -0.2) is 32.6 Å². The normalized spacial score (nSPS) is 10.7. The van der Waals surface area contributed by atoms with Crippen LogP contribution < -0.4 is 9.88 Å². The number of carbonyl (C=O) groups excluding carboxylic acids is 1. The molecule has 1 aromatic heterocycles. The van der Waals surface area contributed by atoms with Gasteiger partial charge in [0.2, 0.25) is 0 Å².